The molecule has 13 heteroatoms. The first-order valence-corrected chi connectivity index (χ1v) is 9.78. The van der Waals surface area contributed by atoms with E-state index in [-0.39, 0.29) is 5.56 Å². The summed E-state index contributed by atoms with van der Waals surface area (Å²) in [5.74, 6) is -4.51. The minimum atomic E-state index is -1.85. The lowest BCUT2D eigenvalue weighted by atomic mass is 9.99. The molecule has 0 radical (unpaired) electrons. The molecule has 0 saturated carbocycles. The van der Waals surface area contributed by atoms with Crippen LogP contribution in [0, 0.1) is 0 Å². The molecule has 0 unspecified atom stereocenters. The third-order valence-electron chi connectivity index (χ3n) is 5.37. The third kappa shape index (κ3) is 3.81. The van der Waals surface area contributed by atoms with E-state index >= 15 is 0 Å². The molecular weight excluding hydrogens is 460 g/mol. The Hall–Kier alpha value is -3.75. The Morgan fingerprint density at radius 1 is 0.824 bits per heavy atom. The SMILES string of the molecule is O=c1c(O)c(-c2ccc(O)c(O)c2)oc2c(OC[C@@H]3O[C@@H](O)[C@@H](O)[C@@H](O)[C@@H]3O)c(O)cc(O)c12. The van der Waals surface area contributed by atoms with E-state index in [9.17, 15) is 50.8 Å². The lowest BCUT2D eigenvalue weighted by Crippen LogP contribution is -2.58. The lowest BCUT2D eigenvalue weighted by molar-refractivity contribution is -0.285. The van der Waals surface area contributed by atoms with Crippen LogP contribution in [0.5, 0.6) is 34.5 Å². The van der Waals surface area contributed by atoms with E-state index < -0.39 is 94.0 Å². The zero-order valence-electron chi connectivity index (χ0n) is 17.1. The van der Waals surface area contributed by atoms with E-state index in [4.69, 9.17) is 13.9 Å². The summed E-state index contributed by atoms with van der Waals surface area (Å²) in [6, 6.07) is 4.01. The van der Waals surface area contributed by atoms with Gasteiger partial charge < -0.3 is 59.8 Å². The largest absolute Gasteiger partial charge is 0.507 e. The Morgan fingerprint density at radius 2 is 1.53 bits per heavy atom. The zero-order valence-corrected chi connectivity index (χ0v) is 17.1. The van der Waals surface area contributed by atoms with Gasteiger partial charge in [-0.1, -0.05) is 0 Å². The van der Waals surface area contributed by atoms with Crippen LogP contribution >= 0.6 is 0 Å². The first-order valence-electron chi connectivity index (χ1n) is 9.78. The van der Waals surface area contributed by atoms with Gasteiger partial charge in [-0.05, 0) is 18.2 Å². The predicted molar refractivity (Wildman–Crippen MR) is 111 cm³/mol. The first kappa shape index (κ1) is 23.4. The lowest BCUT2D eigenvalue weighted by Gasteiger charge is -2.38. The summed E-state index contributed by atoms with van der Waals surface area (Å²) in [6.45, 7) is -0.630. The molecule has 1 fully saturated rings. The molecule has 1 saturated heterocycles. The molecule has 13 nitrogen and oxygen atoms in total. The highest BCUT2D eigenvalue weighted by Crippen LogP contribution is 2.43. The van der Waals surface area contributed by atoms with E-state index in [1.807, 2.05) is 0 Å². The molecule has 0 amide bonds. The smallest absolute Gasteiger partial charge is 0.238 e. The molecule has 1 aromatic heterocycles. The monoisotopic (exact) mass is 480 g/mol. The van der Waals surface area contributed by atoms with Crippen molar-refractivity contribution in [1.82, 2.24) is 0 Å². The third-order valence-corrected chi connectivity index (χ3v) is 5.37. The molecule has 5 atom stereocenters. The molecule has 9 N–H and O–H groups in total. The zero-order chi connectivity index (χ0) is 24.9. The summed E-state index contributed by atoms with van der Waals surface area (Å²) in [6.07, 6.45) is -8.49. The van der Waals surface area contributed by atoms with E-state index in [1.165, 1.54) is 6.07 Å². The average molecular weight is 480 g/mol. The van der Waals surface area contributed by atoms with Crippen LogP contribution in [0.4, 0.5) is 0 Å². The van der Waals surface area contributed by atoms with Crippen molar-refractivity contribution in [3.05, 3.63) is 34.5 Å². The number of phenolic OH excluding ortho intramolecular Hbond substituents is 4. The van der Waals surface area contributed by atoms with Gasteiger partial charge in [0.25, 0.3) is 0 Å². The second kappa shape index (κ2) is 8.55. The molecule has 0 bridgehead atoms. The van der Waals surface area contributed by atoms with Crippen LogP contribution in [-0.2, 0) is 4.74 Å². The summed E-state index contributed by atoms with van der Waals surface area (Å²) >= 11 is 0. The van der Waals surface area contributed by atoms with Gasteiger partial charge in [0.15, 0.2) is 34.9 Å². The first-order chi connectivity index (χ1) is 16.0. The second-order valence-electron chi connectivity index (χ2n) is 7.61. The van der Waals surface area contributed by atoms with Gasteiger partial charge in [-0.15, -0.1) is 0 Å². The molecule has 3 aromatic rings. The van der Waals surface area contributed by atoms with E-state index in [2.05, 4.69) is 0 Å². The van der Waals surface area contributed by atoms with Crippen LogP contribution in [0.25, 0.3) is 22.3 Å². The molecule has 0 aliphatic carbocycles. The molecule has 34 heavy (non-hydrogen) atoms. The minimum absolute atomic E-state index is 0.0492. The maximum absolute atomic E-state index is 12.8. The van der Waals surface area contributed by atoms with Crippen LogP contribution in [0.3, 0.4) is 0 Å². The molecule has 0 spiro atoms. The van der Waals surface area contributed by atoms with E-state index in [0.717, 1.165) is 18.2 Å². The summed E-state index contributed by atoms with van der Waals surface area (Å²) in [5.41, 5.74) is -1.70. The summed E-state index contributed by atoms with van der Waals surface area (Å²) in [5, 5.41) is 88.6. The van der Waals surface area contributed by atoms with Gasteiger partial charge in [0.1, 0.15) is 42.2 Å². The maximum atomic E-state index is 12.8. The number of hydrogen-bond donors (Lipinski definition) is 9. The molecule has 1 aliphatic rings. The van der Waals surface area contributed by atoms with Crippen molar-refractivity contribution in [2.75, 3.05) is 6.61 Å². The number of rotatable bonds is 4. The number of phenols is 4. The highest BCUT2D eigenvalue weighted by Gasteiger charge is 2.43. The summed E-state index contributed by atoms with van der Waals surface area (Å²) in [7, 11) is 0. The van der Waals surface area contributed by atoms with Crippen LogP contribution in [-0.4, -0.2) is 83.3 Å². The highest BCUT2D eigenvalue weighted by atomic mass is 16.6. The highest BCUT2D eigenvalue weighted by molar-refractivity contribution is 5.93. The van der Waals surface area contributed by atoms with Crippen LogP contribution in [0.1, 0.15) is 0 Å². The second-order valence-corrected chi connectivity index (χ2v) is 7.61. The van der Waals surface area contributed by atoms with E-state index in [1.54, 1.807) is 0 Å². The van der Waals surface area contributed by atoms with Gasteiger partial charge >= 0.3 is 0 Å². The molecular formula is C21H20O13. The minimum Gasteiger partial charge on any atom is -0.507 e. The Kier molecular flexibility index (Phi) is 5.89. The summed E-state index contributed by atoms with van der Waals surface area (Å²) < 4.78 is 16.0. The van der Waals surface area contributed by atoms with Crippen molar-refractivity contribution in [2.24, 2.45) is 0 Å². The van der Waals surface area contributed by atoms with Crippen molar-refractivity contribution in [2.45, 2.75) is 30.7 Å². The average Bonchev–Trinajstić information content (AvgIpc) is 2.79. The van der Waals surface area contributed by atoms with Gasteiger partial charge in [0.05, 0.1) is 0 Å². The Labute approximate surface area is 189 Å². The topological polar surface area (TPSA) is 231 Å². The molecule has 1 aliphatic heterocycles. The number of benzene rings is 2. The van der Waals surface area contributed by atoms with Gasteiger partial charge in [0, 0.05) is 11.6 Å². The Morgan fingerprint density at radius 3 is 2.21 bits per heavy atom. The van der Waals surface area contributed by atoms with Crippen LogP contribution in [0.2, 0.25) is 0 Å². The van der Waals surface area contributed by atoms with Crippen molar-refractivity contribution in [3.8, 4) is 45.8 Å². The Bertz CT molecular complexity index is 1300. The number of ether oxygens (including phenoxy) is 2. The number of aromatic hydroxyl groups is 5. The summed E-state index contributed by atoms with van der Waals surface area (Å²) in [4.78, 5) is 12.8. The normalized spacial score (nSPS) is 24.9. The number of fused-ring (bicyclic) bond motifs is 1. The fourth-order valence-corrected chi connectivity index (χ4v) is 3.54. The molecule has 4 rings (SSSR count). The van der Waals surface area contributed by atoms with Gasteiger partial charge in [-0.2, -0.15) is 0 Å². The van der Waals surface area contributed by atoms with Gasteiger partial charge in [0.2, 0.25) is 16.9 Å². The van der Waals surface area contributed by atoms with Crippen molar-refractivity contribution < 1.29 is 59.8 Å². The maximum Gasteiger partial charge on any atom is 0.238 e. The Balaban J connectivity index is 1.80. The van der Waals surface area contributed by atoms with Gasteiger partial charge in [-0.25, -0.2) is 0 Å². The number of hydrogen-bond acceptors (Lipinski definition) is 13. The van der Waals surface area contributed by atoms with Crippen molar-refractivity contribution in [1.29, 1.82) is 0 Å². The quantitative estimate of drug-likeness (QED) is 0.208. The predicted octanol–water partition coefficient (Wildman–Crippen LogP) is -0.833. The molecule has 182 valence electrons. The standard InChI is InChI=1S/C21H20O13/c22-7-2-1-6(3-8(7)23)18-16(29)14(27)12-9(24)4-10(25)19(20(12)34-18)32-5-11-13(26)15(28)17(30)21(31)33-11/h1-4,11,13,15,17,21-26,28-31H,5H2/t11-,13+,15-,17-,21+/m0/s1. The van der Waals surface area contributed by atoms with E-state index in [0.29, 0.717) is 0 Å². The van der Waals surface area contributed by atoms with Crippen LogP contribution in [0.15, 0.2) is 33.5 Å². The fraction of sp³-hybridized carbons (Fsp3) is 0.286. The van der Waals surface area contributed by atoms with Crippen molar-refractivity contribution >= 4 is 11.0 Å². The van der Waals surface area contributed by atoms with Crippen LogP contribution < -0.4 is 10.2 Å². The molecule has 2 aromatic carbocycles. The molecule has 2 heterocycles. The fourth-order valence-electron chi connectivity index (χ4n) is 3.54. The number of aliphatic hydroxyl groups is 4. The number of aliphatic hydroxyl groups excluding tert-OH is 4. The van der Waals surface area contributed by atoms with Crippen molar-refractivity contribution in [3.63, 3.8) is 0 Å². The van der Waals surface area contributed by atoms with Gasteiger partial charge in [-0.3, -0.25) is 4.79 Å².